The van der Waals surface area contributed by atoms with Gasteiger partial charge >= 0.3 is 12.0 Å². The van der Waals surface area contributed by atoms with Crippen molar-refractivity contribution in [3.05, 3.63) is 52.4 Å². The first-order valence-electron chi connectivity index (χ1n) is 9.02. The fourth-order valence-corrected chi connectivity index (χ4v) is 3.04. The summed E-state index contributed by atoms with van der Waals surface area (Å²) < 4.78 is 15.8. The standard InChI is InChI=1S/C20H17ClN2O8/c1-2-29-15-8-11(7-14(21)17(15)31-10-16(24)25)6-13-18(26)22-20(28)23(19(13)27)9-12-4-3-5-30-12/h3-8H,2,9-10H2,1H3,(H,24,25)(H,22,26,28). The van der Waals surface area contributed by atoms with Crippen LogP contribution in [0.25, 0.3) is 6.08 Å². The molecule has 10 nitrogen and oxygen atoms in total. The third-order valence-electron chi connectivity index (χ3n) is 4.06. The van der Waals surface area contributed by atoms with Crippen LogP contribution in [0.4, 0.5) is 4.79 Å². The molecular weight excluding hydrogens is 432 g/mol. The molecule has 31 heavy (non-hydrogen) atoms. The van der Waals surface area contributed by atoms with Gasteiger partial charge in [-0.1, -0.05) is 11.6 Å². The third kappa shape index (κ3) is 5.04. The van der Waals surface area contributed by atoms with E-state index in [2.05, 4.69) is 5.32 Å². The Labute approximate surface area is 181 Å². The highest BCUT2D eigenvalue weighted by atomic mass is 35.5. The van der Waals surface area contributed by atoms with Crippen molar-refractivity contribution in [3.63, 3.8) is 0 Å². The molecule has 0 saturated carbocycles. The van der Waals surface area contributed by atoms with E-state index in [1.807, 2.05) is 0 Å². The lowest BCUT2D eigenvalue weighted by atomic mass is 10.1. The molecule has 0 spiro atoms. The van der Waals surface area contributed by atoms with Gasteiger partial charge in [0.1, 0.15) is 11.3 Å². The van der Waals surface area contributed by atoms with Gasteiger partial charge in [-0.15, -0.1) is 0 Å². The summed E-state index contributed by atoms with van der Waals surface area (Å²) in [7, 11) is 0. The number of ether oxygens (including phenoxy) is 2. The molecule has 1 aliphatic rings. The summed E-state index contributed by atoms with van der Waals surface area (Å²) in [4.78, 5) is 48.8. The fraction of sp³-hybridized carbons (Fsp3) is 0.200. The molecule has 1 aliphatic heterocycles. The van der Waals surface area contributed by atoms with Crippen molar-refractivity contribution in [2.45, 2.75) is 13.5 Å². The molecule has 0 bridgehead atoms. The number of rotatable bonds is 8. The molecule has 1 fully saturated rings. The Morgan fingerprint density at radius 1 is 1.29 bits per heavy atom. The van der Waals surface area contributed by atoms with Crippen molar-refractivity contribution >= 4 is 41.5 Å². The zero-order valence-electron chi connectivity index (χ0n) is 16.2. The first-order chi connectivity index (χ1) is 14.8. The lowest BCUT2D eigenvalue weighted by Gasteiger charge is -2.25. The smallest absolute Gasteiger partial charge is 0.341 e. The van der Waals surface area contributed by atoms with Crippen LogP contribution < -0.4 is 14.8 Å². The Bertz CT molecular complexity index is 1060. The van der Waals surface area contributed by atoms with E-state index in [0.29, 0.717) is 11.3 Å². The first kappa shape index (κ1) is 21.9. The SMILES string of the molecule is CCOc1cc(C=C2C(=O)NC(=O)N(Cc3ccco3)C2=O)cc(Cl)c1OCC(=O)O. The summed E-state index contributed by atoms with van der Waals surface area (Å²) >= 11 is 6.20. The highest BCUT2D eigenvalue weighted by Gasteiger charge is 2.36. The number of hydrogen-bond acceptors (Lipinski definition) is 7. The molecule has 1 saturated heterocycles. The van der Waals surface area contributed by atoms with Crippen molar-refractivity contribution in [2.75, 3.05) is 13.2 Å². The van der Waals surface area contributed by atoms with Crippen LogP contribution in [0.15, 0.2) is 40.5 Å². The number of nitrogens with one attached hydrogen (secondary N) is 1. The van der Waals surface area contributed by atoms with Crippen molar-refractivity contribution in [2.24, 2.45) is 0 Å². The van der Waals surface area contributed by atoms with Gasteiger partial charge in [0.25, 0.3) is 11.8 Å². The number of carbonyl (C=O) groups excluding carboxylic acids is 3. The number of imide groups is 2. The molecule has 2 heterocycles. The number of urea groups is 1. The summed E-state index contributed by atoms with van der Waals surface area (Å²) in [6, 6.07) is 5.14. The van der Waals surface area contributed by atoms with Gasteiger partial charge in [0.05, 0.1) is 24.4 Å². The Morgan fingerprint density at radius 2 is 2.06 bits per heavy atom. The van der Waals surface area contributed by atoms with Crippen LogP contribution >= 0.6 is 11.6 Å². The van der Waals surface area contributed by atoms with Crippen molar-refractivity contribution < 1.29 is 38.2 Å². The normalized spacial score (nSPS) is 15.2. The largest absolute Gasteiger partial charge is 0.490 e. The van der Waals surface area contributed by atoms with Gasteiger partial charge in [-0.05, 0) is 42.8 Å². The van der Waals surface area contributed by atoms with Gasteiger partial charge in [-0.3, -0.25) is 19.8 Å². The Hall–Kier alpha value is -3.79. The van der Waals surface area contributed by atoms with Crippen molar-refractivity contribution in [1.82, 2.24) is 10.2 Å². The summed E-state index contributed by atoms with van der Waals surface area (Å²) in [5.74, 6) is -2.37. The second-order valence-electron chi connectivity index (χ2n) is 6.23. The monoisotopic (exact) mass is 448 g/mol. The fourth-order valence-electron chi connectivity index (χ4n) is 2.77. The maximum absolute atomic E-state index is 12.8. The number of carbonyl (C=O) groups is 4. The second-order valence-corrected chi connectivity index (χ2v) is 6.64. The van der Waals surface area contributed by atoms with E-state index in [-0.39, 0.29) is 35.2 Å². The molecule has 2 N–H and O–H groups in total. The number of aliphatic carboxylic acids is 1. The van der Waals surface area contributed by atoms with Gasteiger partial charge < -0.3 is 19.0 Å². The maximum Gasteiger partial charge on any atom is 0.341 e. The molecule has 0 radical (unpaired) electrons. The molecule has 1 aromatic heterocycles. The van der Waals surface area contributed by atoms with Gasteiger partial charge in [0.15, 0.2) is 18.1 Å². The number of amides is 4. The second kappa shape index (κ2) is 9.35. The lowest BCUT2D eigenvalue weighted by molar-refractivity contribution is -0.139. The number of furan rings is 1. The van der Waals surface area contributed by atoms with Gasteiger partial charge in [0.2, 0.25) is 0 Å². The molecule has 4 amide bonds. The van der Waals surface area contributed by atoms with Crippen LogP contribution in [0, 0.1) is 0 Å². The number of benzene rings is 1. The Kier molecular flexibility index (Phi) is 6.61. The van der Waals surface area contributed by atoms with Crippen LogP contribution in [-0.2, 0) is 20.9 Å². The maximum atomic E-state index is 12.8. The van der Waals surface area contributed by atoms with E-state index in [9.17, 15) is 19.2 Å². The molecule has 0 aliphatic carbocycles. The molecule has 3 rings (SSSR count). The molecule has 0 unspecified atom stereocenters. The zero-order valence-corrected chi connectivity index (χ0v) is 17.0. The van der Waals surface area contributed by atoms with Crippen LogP contribution in [0.5, 0.6) is 11.5 Å². The number of carboxylic acids is 1. The van der Waals surface area contributed by atoms with E-state index in [1.165, 1.54) is 24.5 Å². The predicted octanol–water partition coefficient (Wildman–Crippen LogP) is 2.46. The van der Waals surface area contributed by atoms with E-state index >= 15 is 0 Å². The Balaban J connectivity index is 1.94. The highest BCUT2D eigenvalue weighted by Crippen LogP contribution is 2.37. The number of hydrogen-bond donors (Lipinski definition) is 2. The van der Waals surface area contributed by atoms with E-state index in [4.69, 9.17) is 30.6 Å². The minimum absolute atomic E-state index is 0.0158. The zero-order chi connectivity index (χ0) is 22.5. The summed E-state index contributed by atoms with van der Waals surface area (Å²) in [6.07, 6.45) is 2.64. The summed E-state index contributed by atoms with van der Waals surface area (Å²) in [5, 5.41) is 10.9. The molecule has 1 aromatic carbocycles. The Morgan fingerprint density at radius 3 is 2.71 bits per heavy atom. The lowest BCUT2D eigenvalue weighted by Crippen LogP contribution is -2.53. The van der Waals surface area contributed by atoms with Crippen LogP contribution in [0.2, 0.25) is 5.02 Å². The van der Waals surface area contributed by atoms with Crippen LogP contribution in [0.3, 0.4) is 0 Å². The third-order valence-corrected chi connectivity index (χ3v) is 4.34. The number of carboxylic acid groups (broad SMARTS) is 1. The molecule has 2 aromatic rings. The summed E-state index contributed by atoms with van der Waals surface area (Å²) in [5.41, 5.74) is 0.00537. The first-order valence-corrected chi connectivity index (χ1v) is 9.40. The molecular formula is C20H17ClN2O8. The van der Waals surface area contributed by atoms with Crippen LogP contribution in [-0.4, -0.2) is 47.0 Å². The van der Waals surface area contributed by atoms with E-state index < -0.39 is 30.4 Å². The van der Waals surface area contributed by atoms with E-state index in [0.717, 1.165) is 4.90 Å². The van der Waals surface area contributed by atoms with Crippen molar-refractivity contribution in [3.8, 4) is 11.5 Å². The average Bonchev–Trinajstić information content (AvgIpc) is 3.21. The van der Waals surface area contributed by atoms with Crippen LogP contribution in [0.1, 0.15) is 18.2 Å². The number of halogens is 1. The van der Waals surface area contributed by atoms with E-state index in [1.54, 1.807) is 19.1 Å². The molecule has 162 valence electrons. The minimum atomic E-state index is -1.20. The summed E-state index contributed by atoms with van der Waals surface area (Å²) in [6.45, 7) is 1.14. The van der Waals surface area contributed by atoms with Gasteiger partial charge in [-0.2, -0.15) is 0 Å². The molecule has 0 atom stereocenters. The van der Waals surface area contributed by atoms with Gasteiger partial charge in [-0.25, -0.2) is 9.59 Å². The topological polar surface area (TPSA) is 135 Å². The number of nitrogens with zero attached hydrogens (tertiary/aromatic N) is 1. The highest BCUT2D eigenvalue weighted by molar-refractivity contribution is 6.33. The van der Waals surface area contributed by atoms with Gasteiger partial charge in [0, 0.05) is 0 Å². The number of barbiturate groups is 1. The molecule has 11 heteroatoms. The van der Waals surface area contributed by atoms with Crippen molar-refractivity contribution in [1.29, 1.82) is 0 Å². The minimum Gasteiger partial charge on any atom is -0.490 e. The predicted molar refractivity (Wildman–Crippen MR) is 107 cm³/mol. The average molecular weight is 449 g/mol. The quantitative estimate of drug-likeness (QED) is 0.464.